The molecule has 3 heteroatoms. The monoisotopic (exact) mass is 551 g/mol. The van der Waals surface area contributed by atoms with E-state index in [0.717, 1.165) is 22.3 Å². The number of hydrogen-bond acceptors (Lipinski definition) is 3. The molecular weight excluding hydrogens is 522 g/mol. The quantitative estimate of drug-likeness (QED) is 0.218. The highest BCUT2D eigenvalue weighted by molar-refractivity contribution is 5.88. The molecule has 0 bridgehead atoms. The number of benzene rings is 6. The molecule has 0 saturated heterocycles. The lowest BCUT2D eigenvalue weighted by Crippen LogP contribution is -2.17. The van der Waals surface area contributed by atoms with Crippen LogP contribution in [0.4, 0.5) is 0 Å². The first-order valence-electron chi connectivity index (χ1n) is 14.7. The van der Waals surface area contributed by atoms with E-state index in [1.807, 2.05) is 18.2 Å². The molecule has 0 atom stereocenters. The molecule has 6 aromatic carbocycles. The van der Waals surface area contributed by atoms with Crippen molar-refractivity contribution in [2.45, 2.75) is 19.3 Å². The third kappa shape index (κ3) is 4.24. The molecule has 0 amide bonds. The normalized spacial score (nSPS) is 13.1. The van der Waals surface area contributed by atoms with Gasteiger partial charge in [-0.2, -0.15) is 0 Å². The second kappa shape index (κ2) is 9.85. The van der Waals surface area contributed by atoms with Crippen LogP contribution in [0, 0.1) is 0 Å². The third-order valence-corrected chi connectivity index (χ3v) is 8.71. The summed E-state index contributed by atoms with van der Waals surface area (Å²) in [5.74, 6) is 2.03. The van der Waals surface area contributed by atoms with E-state index >= 15 is 0 Å². The summed E-state index contributed by atoms with van der Waals surface area (Å²) in [6.07, 6.45) is 0. The molecule has 0 N–H and O–H groups in total. The van der Waals surface area contributed by atoms with Gasteiger partial charge in [0.15, 0.2) is 17.5 Å². The first kappa shape index (κ1) is 25.3. The van der Waals surface area contributed by atoms with Crippen molar-refractivity contribution >= 4 is 10.8 Å². The fourth-order valence-electron chi connectivity index (χ4n) is 6.56. The molecule has 0 saturated carbocycles. The summed E-state index contributed by atoms with van der Waals surface area (Å²) in [7, 11) is 0. The Hall–Kier alpha value is -5.41. The maximum absolute atomic E-state index is 5.13. The number of rotatable bonds is 4. The van der Waals surface area contributed by atoms with Gasteiger partial charge in [0.2, 0.25) is 0 Å². The molecule has 0 unspecified atom stereocenters. The van der Waals surface area contributed by atoms with Gasteiger partial charge >= 0.3 is 0 Å². The fourth-order valence-corrected chi connectivity index (χ4v) is 6.56. The lowest BCUT2D eigenvalue weighted by atomic mass is 9.80. The molecule has 43 heavy (non-hydrogen) atoms. The van der Waals surface area contributed by atoms with E-state index in [0.29, 0.717) is 17.5 Å². The summed E-state index contributed by atoms with van der Waals surface area (Å²) in [6, 6.07) is 49.0. The molecule has 0 aliphatic heterocycles. The lowest BCUT2D eigenvalue weighted by Gasteiger charge is -2.24. The molecule has 1 aromatic heterocycles. The molecule has 8 rings (SSSR count). The van der Waals surface area contributed by atoms with Crippen molar-refractivity contribution in [3.8, 4) is 56.4 Å². The van der Waals surface area contributed by atoms with Gasteiger partial charge in [-0.1, -0.05) is 147 Å². The van der Waals surface area contributed by atoms with Crippen LogP contribution in [0.15, 0.2) is 140 Å². The molecular formula is C40H29N3. The van der Waals surface area contributed by atoms with Crippen LogP contribution < -0.4 is 0 Å². The Balaban J connectivity index is 1.27. The topological polar surface area (TPSA) is 38.7 Å². The summed E-state index contributed by atoms with van der Waals surface area (Å²) >= 11 is 0. The number of fused-ring (bicyclic) bond motifs is 4. The van der Waals surface area contributed by atoms with Crippen molar-refractivity contribution in [2.75, 3.05) is 0 Å². The molecule has 1 aliphatic rings. The number of hydrogen-bond donors (Lipinski definition) is 0. The highest BCUT2D eigenvalue weighted by atomic mass is 15.0. The van der Waals surface area contributed by atoms with Gasteiger partial charge in [-0.15, -0.1) is 0 Å². The van der Waals surface area contributed by atoms with Crippen LogP contribution in [-0.2, 0) is 5.41 Å². The van der Waals surface area contributed by atoms with Crippen molar-refractivity contribution in [3.05, 3.63) is 151 Å². The smallest absolute Gasteiger partial charge is 0.164 e. The Labute approximate surface area is 251 Å². The van der Waals surface area contributed by atoms with E-state index in [4.69, 9.17) is 15.0 Å². The van der Waals surface area contributed by atoms with Gasteiger partial charge in [-0.25, -0.2) is 15.0 Å². The Kier molecular flexibility index (Phi) is 5.80. The van der Waals surface area contributed by atoms with Gasteiger partial charge in [-0.05, 0) is 50.2 Å². The zero-order valence-corrected chi connectivity index (χ0v) is 24.1. The van der Waals surface area contributed by atoms with Crippen LogP contribution in [0.3, 0.4) is 0 Å². The van der Waals surface area contributed by atoms with Gasteiger partial charge in [0, 0.05) is 22.1 Å². The molecule has 0 fully saturated rings. The molecule has 0 radical (unpaired) electrons. The SMILES string of the molecule is CC1(C)c2ccccc2-c2cccc(-c3nc(-c4ccccc4)nc(-c4ccc(-c5ccc6ccccc6c5)cc4)n3)c21. The molecule has 1 aliphatic carbocycles. The molecule has 0 spiro atoms. The van der Waals surface area contributed by atoms with Crippen LogP contribution in [0.25, 0.3) is 67.2 Å². The molecule has 204 valence electrons. The van der Waals surface area contributed by atoms with E-state index in [9.17, 15) is 0 Å². The highest BCUT2D eigenvalue weighted by Crippen LogP contribution is 2.51. The van der Waals surface area contributed by atoms with Crippen molar-refractivity contribution in [1.29, 1.82) is 0 Å². The molecule has 3 nitrogen and oxygen atoms in total. The third-order valence-electron chi connectivity index (χ3n) is 8.71. The molecule has 1 heterocycles. The second-order valence-corrected chi connectivity index (χ2v) is 11.7. The first-order chi connectivity index (χ1) is 21.1. The van der Waals surface area contributed by atoms with Gasteiger partial charge in [-0.3, -0.25) is 0 Å². The Morgan fingerprint density at radius 2 is 0.953 bits per heavy atom. The van der Waals surface area contributed by atoms with E-state index in [2.05, 4.69) is 135 Å². The van der Waals surface area contributed by atoms with Crippen LogP contribution in [0.2, 0.25) is 0 Å². The van der Waals surface area contributed by atoms with E-state index in [1.165, 1.54) is 38.6 Å². The summed E-state index contributed by atoms with van der Waals surface area (Å²) in [4.78, 5) is 15.2. The van der Waals surface area contributed by atoms with Gasteiger partial charge in [0.25, 0.3) is 0 Å². The van der Waals surface area contributed by atoms with E-state index in [-0.39, 0.29) is 5.41 Å². The highest BCUT2D eigenvalue weighted by Gasteiger charge is 2.37. The Morgan fingerprint density at radius 1 is 0.395 bits per heavy atom. The summed E-state index contributed by atoms with van der Waals surface area (Å²) < 4.78 is 0. The average Bonchev–Trinajstić information content (AvgIpc) is 3.31. The zero-order valence-electron chi connectivity index (χ0n) is 24.1. The number of nitrogens with zero attached hydrogens (tertiary/aromatic N) is 3. The fraction of sp³-hybridized carbons (Fsp3) is 0.0750. The minimum atomic E-state index is -0.177. The van der Waals surface area contributed by atoms with Gasteiger partial charge in [0.1, 0.15) is 0 Å². The van der Waals surface area contributed by atoms with Crippen LogP contribution in [0.5, 0.6) is 0 Å². The van der Waals surface area contributed by atoms with Gasteiger partial charge < -0.3 is 0 Å². The van der Waals surface area contributed by atoms with Crippen LogP contribution in [0.1, 0.15) is 25.0 Å². The van der Waals surface area contributed by atoms with E-state index in [1.54, 1.807) is 0 Å². The maximum Gasteiger partial charge on any atom is 0.164 e. The second-order valence-electron chi connectivity index (χ2n) is 11.7. The summed E-state index contributed by atoms with van der Waals surface area (Å²) in [6.45, 7) is 4.60. The first-order valence-corrected chi connectivity index (χ1v) is 14.7. The average molecular weight is 552 g/mol. The van der Waals surface area contributed by atoms with Crippen molar-refractivity contribution in [3.63, 3.8) is 0 Å². The number of aromatic nitrogens is 3. The van der Waals surface area contributed by atoms with Crippen LogP contribution in [-0.4, -0.2) is 15.0 Å². The lowest BCUT2D eigenvalue weighted by molar-refractivity contribution is 0.661. The van der Waals surface area contributed by atoms with Crippen molar-refractivity contribution < 1.29 is 0 Å². The summed E-state index contributed by atoms with van der Waals surface area (Å²) in [5, 5.41) is 2.48. The summed E-state index contributed by atoms with van der Waals surface area (Å²) in [5.41, 5.74) is 10.3. The zero-order chi connectivity index (χ0) is 29.0. The van der Waals surface area contributed by atoms with Crippen LogP contribution >= 0.6 is 0 Å². The Bertz CT molecular complexity index is 2140. The van der Waals surface area contributed by atoms with Crippen molar-refractivity contribution in [2.24, 2.45) is 0 Å². The van der Waals surface area contributed by atoms with E-state index < -0.39 is 0 Å². The predicted molar refractivity (Wildman–Crippen MR) is 177 cm³/mol. The van der Waals surface area contributed by atoms with Crippen molar-refractivity contribution in [1.82, 2.24) is 15.0 Å². The minimum absolute atomic E-state index is 0.177. The van der Waals surface area contributed by atoms with Gasteiger partial charge in [0.05, 0.1) is 0 Å². The maximum atomic E-state index is 5.13. The Morgan fingerprint density at radius 3 is 1.74 bits per heavy atom. The largest absolute Gasteiger partial charge is 0.208 e. The standard InChI is InChI=1S/C40H29N3/c1-40(2)35-18-9-8-15-32(35)33-16-10-17-34(36(33)40)39-42-37(28-12-4-3-5-13-28)41-38(43-39)29-22-19-27(20-23-29)31-24-21-26-11-6-7-14-30(26)25-31/h3-25H,1-2H3. The molecule has 7 aromatic rings. The minimum Gasteiger partial charge on any atom is -0.208 e. The predicted octanol–water partition coefficient (Wildman–Crippen LogP) is 10.00.